The first-order valence-electron chi connectivity index (χ1n) is 8.01. The number of esters is 1. The molecule has 2 aromatic rings. The van der Waals surface area contributed by atoms with E-state index in [0.717, 1.165) is 0 Å². The number of benzene rings is 1. The van der Waals surface area contributed by atoms with Crippen molar-refractivity contribution in [3.8, 4) is 0 Å². The largest absolute Gasteiger partial charge is 0.503 e. The third-order valence-electron chi connectivity index (χ3n) is 4.19. The highest BCUT2D eigenvalue weighted by Gasteiger charge is 2.45. The second-order valence-corrected chi connectivity index (χ2v) is 5.67. The van der Waals surface area contributed by atoms with Crippen molar-refractivity contribution in [3.63, 3.8) is 0 Å². The van der Waals surface area contributed by atoms with Gasteiger partial charge in [-0.2, -0.15) is 0 Å². The first-order chi connectivity index (χ1) is 12.5. The highest BCUT2D eigenvalue weighted by Crippen LogP contribution is 2.41. The van der Waals surface area contributed by atoms with Gasteiger partial charge in [0.2, 0.25) is 0 Å². The molecular weight excluding hydrogens is 338 g/mol. The Morgan fingerprint density at radius 3 is 2.65 bits per heavy atom. The smallest absolute Gasteiger partial charge is 0.337 e. The maximum atomic E-state index is 12.7. The molecule has 1 aromatic heterocycles. The number of carbonyl (C=O) groups is 3. The lowest BCUT2D eigenvalue weighted by Crippen LogP contribution is -2.31. The molecule has 7 heteroatoms. The van der Waals surface area contributed by atoms with E-state index in [1.165, 1.54) is 24.3 Å². The van der Waals surface area contributed by atoms with E-state index in [4.69, 9.17) is 9.15 Å². The number of ether oxygens (including phenoxy) is 1. The average Bonchev–Trinajstić information content (AvgIpc) is 3.28. The lowest BCUT2D eigenvalue weighted by Gasteiger charge is -2.25. The average molecular weight is 355 g/mol. The quantitative estimate of drug-likeness (QED) is 0.828. The van der Waals surface area contributed by atoms with Gasteiger partial charge in [0, 0.05) is 12.1 Å². The van der Waals surface area contributed by atoms with Crippen LogP contribution in [0, 0.1) is 0 Å². The molecular formula is C19H17NO6. The molecule has 1 aliphatic rings. The summed E-state index contributed by atoms with van der Waals surface area (Å²) in [6.45, 7) is 1.65. The van der Waals surface area contributed by atoms with Gasteiger partial charge in [0.25, 0.3) is 5.91 Å². The summed E-state index contributed by atoms with van der Waals surface area (Å²) in [5.41, 5.74) is 0.562. The van der Waals surface area contributed by atoms with Gasteiger partial charge in [-0.3, -0.25) is 14.5 Å². The second kappa shape index (κ2) is 6.87. The molecule has 0 bridgehead atoms. The SMILES string of the molecule is CCC(=O)C1=C(O)C(=O)N(c2cccc(C(=O)OC)c2)C1c1ccco1. The number of Topliss-reactive ketones (excluding diaryl/α,β-unsaturated/α-hetero) is 1. The van der Waals surface area contributed by atoms with Crippen molar-refractivity contribution in [1.82, 2.24) is 0 Å². The van der Waals surface area contributed by atoms with E-state index < -0.39 is 23.7 Å². The van der Waals surface area contributed by atoms with Gasteiger partial charge in [0.15, 0.2) is 11.5 Å². The van der Waals surface area contributed by atoms with Crippen LogP contribution < -0.4 is 4.90 Å². The third kappa shape index (κ3) is 2.77. The van der Waals surface area contributed by atoms with Crippen LogP contribution in [0.1, 0.15) is 35.5 Å². The number of aliphatic hydroxyl groups is 1. The summed E-state index contributed by atoms with van der Waals surface area (Å²) in [6, 6.07) is 8.55. The van der Waals surface area contributed by atoms with Crippen LogP contribution in [0.5, 0.6) is 0 Å². The van der Waals surface area contributed by atoms with Gasteiger partial charge in [0.05, 0.1) is 24.5 Å². The van der Waals surface area contributed by atoms with E-state index in [1.807, 2.05) is 0 Å². The molecule has 0 saturated heterocycles. The maximum absolute atomic E-state index is 12.7. The van der Waals surface area contributed by atoms with Crippen LogP contribution in [0.4, 0.5) is 5.69 Å². The molecule has 1 N–H and O–H groups in total. The van der Waals surface area contributed by atoms with Crippen LogP contribution in [-0.2, 0) is 14.3 Å². The van der Waals surface area contributed by atoms with Gasteiger partial charge >= 0.3 is 5.97 Å². The second-order valence-electron chi connectivity index (χ2n) is 5.67. The van der Waals surface area contributed by atoms with Gasteiger partial charge in [-0.1, -0.05) is 13.0 Å². The first-order valence-corrected chi connectivity index (χ1v) is 8.01. The van der Waals surface area contributed by atoms with E-state index >= 15 is 0 Å². The van der Waals surface area contributed by atoms with E-state index in [1.54, 1.807) is 37.3 Å². The number of furan rings is 1. The van der Waals surface area contributed by atoms with Gasteiger partial charge in [-0.15, -0.1) is 0 Å². The Labute approximate surface area is 149 Å². The maximum Gasteiger partial charge on any atom is 0.337 e. The van der Waals surface area contributed by atoms with Crippen LogP contribution in [0.25, 0.3) is 0 Å². The van der Waals surface area contributed by atoms with Crippen molar-refractivity contribution in [2.45, 2.75) is 19.4 Å². The van der Waals surface area contributed by atoms with Crippen molar-refractivity contribution in [3.05, 3.63) is 65.3 Å². The van der Waals surface area contributed by atoms with E-state index in [-0.39, 0.29) is 23.3 Å². The summed E-state index contributed by atoms with van der Waals surface area (Å²) in [6.07, 6.45) is 1.55. The number of hydrogen-bond acceptors (Lipinski definition) is 6. The zero-order valence-corrected chi connectivity index (χ0v) is 14.3. The van der Waals surface area contributed by atoms with Crippen LogP contribution >= 0.6 is 0 Å². The van der Waals surface area contributed by atoms with Gasteiger partial charge in [-0.05, 0) is 30.3 Å². The minimum atomic E-state index is -0.905. The van der Waals surface area contributed by atoms with Crippen molar-refractivity contribution in [1.29, 1.82) is 0 Å². The minimum absolute atomic E-state index is 0.0177. The zero-order chi connectivity index (χ0) is 18.8. The van der Waals surface area contributed by atoms with Crippen molar-refractivity contribution in [2.75, 3.05) is 12.0 Å². The number of nitrogens with zero attached hydrogens (tertiary/aromatic N) is 1. The molecule has 1 atom stereocenters. The molecule has 0 spiro atoms. The predicted molar refractivity (Wildman–Crippen MR) is 91.7 cm³/mol. The predicted octanol–water partition coefficient (Wildman–Crippen LogP) is 2.95. The van der Waals surface area contributed by atoms with Crippen LogP contribution in [0.15, 0.2) is 58.4 Å². The fourth-order valence-electron chi connectivity index (χ4n) is 2.96. The first kappa shape index (κ1) is 17.5. The summed E-state index contributed by atoms with van der Waals surface area (Å²) >= 11 is 0. The Morgan fingerprint density at radius 1 is 1.27 bits per heavy atom. The molecule has 134 valence electrons. The van der Waals surface area contributed by atoms with Crippen molar-refractivity contribution in [2.24, 2.45) is 0 Å². The molecule has 1 unspecified atom stereocenters. The van der Waals surface area contributed by atoms with Gasteiger partial charge in [0.1, 0.15) is 11.8 Å². The van der Waals surface area contributed by atoms with E-state index in [2.05, 4.69) is 0 Å². The van der Waals surface area contributed by atoms with E-state index in [0.29, 0.717) is 11.4 Å². The van der Waals surface area contributed by atoms with Crippen LogP contribution in [0.3, 0.4) is 0 Å². The molecule has 0 aliphatic carbocycles. The normalized spacial score (nSPS) is 16.9. The summed E-state index contributed by atoms with van der Waals surface area (Å²) in [5.74, 6) is -1.92. The van der Waals surface area contributed by atoms with Gasteiger partial charge in [-0.25, -0.2) is 4.79 Å². The summed E-state index contributed by atoms with van der Waals surface area (Å²) in [4.78, 5) is 38.1. The molecule has 3 rings (SSSR count). The monoisotopic (exact) mass is 355 g/mol. The summed E-state index contributed by atoms with van der Waals surface area (Å²) in [5, 5.41) is 10.3. The number of aliphatic hydroxyl groups excluding tert-OH is 1. The lowest BCUT2D eigenvalue weighted by molar-refractivity contribution is -0.118. The molecule has 0 radical (unpaired) electrons. The van der Waals surface area contributed by atoms with Crippen LogP contribution in [-0.4, -0.2) is 29.9 Å². The standard InChI is InChI=1S/C19H17NO6/c1-3-13(21)15-16(14-8-5-9-26-14)20(18(23)17(15)22)12-7-4-6-11(10-12)19(24)25-2/h4-10,16,22H,3H2,1-2H3. The molecule has 0 fully saturated rings. The number of ketones is 1. The van der Waals surface area contributed by atoms with Crippen molar-refractivity contribution < 1.29 is 28.6 Å². The minimum Gasteiger partial charge on any atom is -0.503 e. The number of amides is 1. The molecule has 2 heterocycles. The fraction of sp³-hybridized carbons (Fsp3) is 0.211. The van der Waals surface area contributed by atoms with Crippen molar-refractivity contribution >= 4 is 23.3 Å². The molecule has 0 saturated carbocycles. The lowest BCUT2D eigenvalue weighted by atomic mass is 9.99. The molecule has 26 heavy (non-hydrogen) atoms. The van der Waals surface area contributed by atoms with E-state index in [9.17, 15) is 19.5 Å². The summed E-state index contributed by atoms with van der Waals surface area (Å²) < 4.78 is 10.1. The topological polar surface area (TPSA) is 97.1 Å². The highest BCUT2D eigenvalue weighted by atomic mass is 16.5. The fourth-order valence-corrected chi connectivity index (χ4v) is 2.96. The zero-order valence-electron chi connectivity index (χ0n) is 14.3. The van der Waals surface area contributed by atoms with Crippen LogP contribution in [0.2, 0.25) is 0 Å². The Kier molecular flexibility index (Phi) is 4.62. The number of rotatable bonds is 5. The number of anilines is 1. The number of methoxy groups -OCH3 is 1. The molecule has 1 aromatic carbocycles. The Balaban J connectivity index is 2.13. The molecule has 7 nitrogen and oxygen atoms in total. The highest BCUT2D eigenvalue weighted by molar-refractivity contribution is 6.16. The number of hydrogen-bond donors (Lipinski definition) is 1. The van der Waals surface area contributed by atoms with Gasteiger partial charge < -0.3 is 14.3 Å². The molecule has 1 amide bonds. The molecule has 1 aliphatic heterocycles. The Morgan fingerprint density at radius 2 is 2.04 bits per heavy atom. The third-order valence-corrected chi connectivity index (χ3v) is 4.19. The number of carbonyl (C=O) groups excluding carboxylic acids is 3. The Bertz CT molecular complexity index is 897. The summed E-state index contributed by atoms with van der Waals surface area (Å²) in [7, 11) is 1.26. The Hall–Kier alpha value is -3.35.